The molecule has 7 heteroatoms. The van der Waals surface area contributed by atoms with Gasteiger partial charge in [-0.25, -0.2) is 13.0 Å². The zero-order chi connectivity index (χ0) is 34.5. The summed E-state index contributed by atoms with van der Waals surface area (Å²) in [6, 6.07) is 12.1. The van der Waals surface area contributed by atoms with Crippen molar-refractivity contribution in [2.45, 2.75) is 173 Å². The lowest BCUT2D eigenvalue weighted by Gasteiger charge is -2.10. The first-order valence-corrected chi connectivity index (χ1v) is 20.9. The second-order valence-corrected chi connectivity index (χ2v) is 15.4. The molecule has 2 aromatic rings. The highest BCUT2D eigenvalue weighted by molar-refractivity contribution is 7.85. The maximum absolute atomic E-state index is 10.4. The van der Waals surface area contributed by atoms with Crippen LogP contribution in [0.25, 0.3) is 0 Å². The largest absolute Gasteiger partial charge is 0.744 e. The number of hydrogen-bond donors (Lipinski definition) is 0. The molecule has 1 fully saturated rings. The molecule has 1 aliphatic heterocycles. The van der Waals surface area contributed by atoms with Crippen molar-refractivity contribution in [1.29, 1.82) is 0 Å². The van der Waals surface area contributed by atoms with Crippen molar-refractivity contribution in [2.24, 2.45) is 5.92 Å². The fraction of sp³-hybridized carbons (Fsp3) is 0.732. The van der Waals surface area contributed by atoms with E-state index in [0.29, 0.717) is 6.10 Å². The van der Waals surface area contributed by atoms with E-state index in [1.54, 1.807) is 12.1 Å². The molecule has 1 aromatic heterocycles. The number of ether oxygens (including phenoxy) is 2. The fourth-order valence-corrected chi connectivity index (χ4v) is 6.90. The van der Waals surface area contributed by atoms with E-state index in [-0.39, 0.29) is 4.90 Å². The van der Waals surface area contributed by atoms with Crippen LogP contribution >= 0.6 is 0 Å². The molecule has 0 amide bonds. The minimum Gasteiger partial charge on any atom is -0.744 e. The number of hydrogen-bond acceptors (Lipinski definition) is 5. The maximum Gasteiger partial charge on any atom is 0.168 e. The Labute approximate surface area is 295 Å². The van der Waals surface area contributed by atoms with Gasteiger partial charge in [0, 0.05) is 31.8 Å². The van der Waals surface area contributed by atoms with E-state index < -0.39 is 10.1 Å². The highest BCUT2D eigenvalue weighted by atomic mass is 32.2. The van der Waals surface area contributed by atoms with Crippen molar-refractivity contribution in [2.75, 3.05) is 19.8 Å². The Kier molecular flexibility index (Phi) is 24.7. The summed E-state index contributed by atoms with van der Waals surface area (Å²) in [4.78, 5) is -0.178. The van der Waals surface area contributed by atoms with Crippen LogP contribution in [0, 0.1) is 12.8 Å². The molecule has 0 spiro atoms. The van der Waals surface area contributed by atoms with Crippen LogP contribution in [0.5, 0.6) is 0 Å². The van der Waals surface area contributed by atoms with E-state index in [0.717, 1.165) is 37.8 Å². The first-order chi connectivity index (χ1) is 23.4. The number of nitrogens with zero attached hydrogens (tertiary/aromatic N) is 1. The number of aromatic nitrogens is 1. The molecule has 0 N–H and O–H groups in total. The number of benzene rings is 1. The third kappa shape index (κ3) is 22.8. The molecule has 2 atom stereocenters. The van der Waals surface area contributed by atoms with Gasteiger partial charge in [-0.2, -0.15) is 0 Å². The van der Waals surface area contributed by atoms with Crippen LogP contribution in [0.15, 0.2) is 59.8 Å². The summed E-state index contributed by atoms with van der Waals surface area (Å²) in [5.41, 5.74) is 0.928. The normalized spacial score (nSPS) is 16.1. The molecule has 0 aliphatic carbocycles. The predicted octanol–water partition coefficient (Wildman–Crippen LogP) is 10.5. The molecular weight excluding hydrogens is 619 g/mol. The average Bonchev–Trinajstić information content (AvgIpc) is 3.54. The van der Waals surface area contributed by atoms with Gasteiger partial charge in [0.05, 0.1) is 17.6 Å². The SMILES string of the molecule is CCCCCCCCCCCCCCCC[C@H]1CO[C@H](COCCCCCCCC[n+]2ccccc2)C1.Cc1ccc(S(=O)(=O)[O-])cc1. The number of unbranched alkanes of at least 4 members (excludes halogenated alkanes) is 18. The van der Waals surface area contributed by atoms with Crippen molar-refractivity contribution in [1.82, 2.24) is 0 Å². The Morgan fingerprint density at radius 2 is 1.25 bits per heavy atom. The standard InChI is InChI=1S/C34H62NO2.C7H8O3S/c1-2-3-4-5-6-7-8-9-10-11-12-13-16-20-25-33-30-34(37-31-33)32-36-29-24-18-15-14-17-21-26-35-27-22-19-23-28-35;1-6-2-4-7(5-3-6)11(8,9)10/h19,22-23,27-28,33-34H,2-18,20-21,24-26,29-32H2,1H3;2-5H,1H3,(H,8,9,10)/q+1;/p-1/t33-,34+;/m1./s1. The van der Waals surface area contributed by atoms with Crippen molar-refractivity contribution in [3.05, 3.63) is 60.4 Å². The van der Waals surface area contributed by atoms with Crippen molar-refractivity contribution in [3.8, 4) is 0 Å². The van der Waals surface area contributed by atoms with Gasteiger partial charge in [0.15, 0.2) is 12.4 Å². The van der Waals surface area contributed by atoms with Crippen LogP contribution in [-0.2, 0) is 26.1 Å². The number of aryl methyl sites for hydroxylation is 2. The molecule has 0 unspecified atom stereocenters. The Bertz CT molecular complexity index is 1110. The van der Waals surface area contributed by atoms with Crippen LogP contribution in [-0.4, -0.2) is 38.9 Å². The molecule has 0 saturated carbocycles. The maximum atomic E-state index is 10.4. The lowest BCUT2D eigenvalue weighted by molar-refractivity contribution is -0.697. The topological polar surface area (TPSA) is 79.5 Å². The molecule has 3 rings (SSSR count). The Morgan fingerprint density at radius 1 is 0.729 bits per heavy atom. The molecular formula is C41H69NO5S. The van der Waals surface area contributed by atoms with Crippen LogP contribution in [0.2, 0.25) is 0 Å². The first kappa shape index (κ1) is 42.4. The van der Waals surface area contributed by atoms with E-state index in [2.05, 4.69) is 42.1 Å². The van der Waals surface area contributed by atoms with E-state index in [1.807, 2.05) is 6.92 Å². The van der Waals surface area contributed by atoms with Crippen LogP contribution in [0.1, 0.15) is 154 Å². The van der Waals surface area contributed by atoms with Gasteiger partial charge in [0.2, 0.25) is 0 Å². The molecule has 1 aromatic carbocycles. The zero-order valence-corrected chi connectivity index (χ0v) is 31.4. The second kappa shape index (κ2) is 28.0. The van der Waals surface area contributed by atoms with E-state index in [1.165, 1.54) is 153 Å². The average molecular weight is 688 g/mol. The van der Waals surface area contributed by atoms with Crippen molar-refractivity contribution in [3.63, 3.8) is 0 Å². The van der Waals surface area contributed by atoms with Gasteiger partial charge in [-0.1, -0.05) is 140 Å². The van der Waals surface area contributed by atoms with Gasteiger partial charge in [-0.15, -0.1) is 0 Å². The summed E-state index contributed by atoms with van der Waals surface area (Å²) in [5.74, 6) is 0.778. The van der Waals surface area contributed by atoms with Gasteiger partial charge in [-0.3, -0.25) is 0 Å². The minimum atomic E-state index is -4.27. The molecule has 2 heterocycles. The summed E-state index contributed by atoms with van der Waals surface area (Å²) in [6.45, 7) is 7.95. The summed E-state index contributed by atoms with van der Waals surface area (Å²) in [6.07, 6.45) is 35.2. The van der Waals surface area contributed by atoms with Gasteiger partial charge in [0.1, 0.15) is 16.7 Å². The summed E-state index contributed by atoms with van der Waals surface area (Å²) in [7, 11) is -4.27. The molecule has 6 nitrogen and oxygen atoms in total. The molecule has 0 bridgehead atoms. The molecule has 1 aliphatic rings. The van der Waals surface area contributed by atoms with Gasteiger partial charge in [-0.05, 0) is 50.7 Å². The van der Waals surface area contributed by atoms with Gasteiger partial charge in [0.25, 0.3) is 0 Å². The lowest BCUT2D eigenvalue weighted by atomic mass is 9.97. The number of rotatable bonds is 27. The minimum absolute atomic E-state index is 0.178. The Morgan fingerprint density at radius 3 is 1.81 bits per heavy atom. The van der Waals surface area contributed by atoms with Crippen LogP contribution in [0.4, 0.5) is 0 Å². The molecule has 1 saturated heterocycles. The molecule has 48 heavy (non-hydrogen) atoms. The predicted molar refractivity (Wildman–Crippen MR) is 197 cm³/mol. The smallest absolute Gasteiger partial charge is 0.168 e. The summed E-state index contributed by atoms with van der Waals surface area (Å²) >= 11 is 0. The quantitative estimate of drug-likeness (QED) is 0.0530. The fourth-order valence-electron chi connectivity index (χ4n) is 6.43. The Hall–Kier alpha value is -1.80. The van der Waals surface area contributed by atoms with E-state index in [9.17, 15) is 13.0 Å². The summed E-state index contributed by atoms with van der Waals surface area (Å²) in [5, 5.41) is 0. The monoisotopic (exact) mass is 687 g/mol. The zero-order valence-electron chi connectivity index (χ0n) is 30.6. The Balaban J connectivity index is 0.000000613. The van der Waals surface area contributed by atoms with Gasteiger partial charge >= 0.3 is 0 Å². The van der Waals surface area contributed by atoms with E-state index >= 15 is 0 Å². The van der Waals surface area contributed by atoms with Gasteiger partial charge < -0.3 is 14.0 Å². The molecule has 274 valence electrons. The number of pyridine rings is 1. The van der Waals surface area contributed by atoms with E-state index in [4.69, 9.17) is 9.47 Å². The highest BCUT2D eigenvalue weighted by Crippen LogP contribution is 2.25. The third-order valence-corrected chi connectivity index (χ3v) is 10.3. The van der Waals surface area contributed by atoms with Crippen LogP contribution in [0.3, 0.4) is 0 Å². The lowest BCUT2D eigenvalue weighted by Crippen LogP contribution is -2.32. The van der Waals surface area contributed by atoms with Crippen molar-refractivity contribution < 1.29 is 27.0 Å². The third-order valence-electron chi connectivity index (χ3n) is 9.48. The van der Waals surface area contributed by atoms with Crippen LogP contribution < -0.4 is 4.57 Å². The first-order valence-electron chi connectivity index (χ1n) is 19.5. The van der Waals surface area contributed by atoms with Crippen molar-refractivity contribution >= 4 is 10.1 Å². The summed E-state index contributed by atoms with van der Waals surface area (Å²) < 4.78 is 45.4. The highest BCUT2D eigenvalue weighted by Gasteiger charge is 2.25. The molecule has 0 radical (unpaired) electrons. The second-order valence-electron chi connectivity index (χ2n) is 14.0.